The lowest BCUT2D eigenvalue weighted by Gasteiger charge is -2.22. The number of nitrogens with one attached hydrogen (secondary N) is 1. The number of anilines is 1. The van der Waals surface area contributed by atoms with E-state index in [0.29, 0.717) is 17.6 Å². The molecule has 0 radical (unpaired) electrons. The standard InChI is InChI=1S/C11H17N3O2S/c1-8(2)6-14(9(3)15)7-10(16)13-11-12-4-5-17-11/h4-5,8H,6-7H2,1-3H3,(H,12,13,16). The van der Waals surface area contributed by atoms with Crippen molar-refractivity contribution in [2.75, 3.05) is 18.4 Å². The molecule has 0 aliphatic heterocycles. The molecular weight excluding hydrogens is 238 g/mol. The molecule has 0 atom stereocenters. The Labute approximate surface area is 105 Å². The molecule has 1 N–H and O–H groups in total. The van der Waals surface area contributed by atoms with Gasteiger partial charge in [0.1, 0.15) is 0 Å². The van der Waals surface area contributed by atoms with Gasteiger partial charge >= 0.3 is 0 Å². The second-order valence-electron chi connectivity index (χ2n) is 4.18. The van der Waals surface area contributed by atoms with E-state index in [4.69, 9.17) is 0 Å². The maximum Gasteiger partial charge on any atom is 0.245 e. The summed E-state index contributed by atoms with van der Waals surface area (Å²) < 4.78 is 0. The molecule has 0 aliphatic carbocycles. The van der Waals surface area contributed by atoms with Crippen LogP contribution in [-0.2, 0) is 9.59 Å². The van der Waals surface area contributed by atoms with Gasteiger partial charge in [0.15, 0.2) is 5.13 Å². The molecule has 1 heterocycles. The number of thiazole rings is 1. The molecule has 17 heavy (non-hydrogen) atoms. The van der Waals surface area contributed by atoms with Gasteiger partial charge in [0.05, 0.1) is 6.54 Å². The Morgan fingerprint density at radius 1 is 1.53 bits per heavy atom. The molecule has 0 unspecified atom stereocenters. The molecule has 0 bridgehead atoms. The summed E-state index contributed by atoms with van der Waals surface area (Å²) in [5.74, 6) is 0.0374. The second-order valence-corrected chi connectivity index (χ2v) is 5.07. The van der Waals surface area contributed by atoms with E-state index < -0.39 is 0 Å². The number of amides is 2. The number of aromatic nitrogens is 1. The van der Waals surface area contributed by atoms with Crippen LogP contribution >= 0.6 is 11.3 Å². The topological polar surface area (TPSA) is 62.3 Å². The third kappa shape index (κ3) is 4.95. The molecular formula is C11H17N3O2S. The van der Waals surface area contributed by atoms with Gasteiger partial charge in [-0.3, -0.25) is 9.59 Å². The van der Waals surface area contributed by atoms with Crippen molar-refractivity contribution in [3.63, 3.8) is 0 Å². The first-order valence-corrected chi connectivity index (χ1v) is 6.32. The first-order chi connectivity index (χ1) is 7.99. The molecule has 0 saturated carbocycles. The summed E-state index contributed by atoms with van der Waals surface area (Å²) >= 11 is 1.35. The van der Waals surface area contributed by atoms with Crippen LogP contribution in [0.3, 0.4) is 0 Å². The van der Waals surface area contributed by atoms with Crippen molar-refractivity contribution in [2.24, 2.45) is 5.92 Å². The Balaban J connectivity index is 2.49. The van der Waals surface area contributed by atoms with E-state index in [0.717, 1.165) is 0 Å². The van der Waals surface area contributed by atoms with Crippen molar-refractivity contribution in [1.82, 2.24) is 9.88 Å². The van der Waals surface area contributed by atoms with Gasteiger partial charge in [0.2, 0.25) is 11.8 Å². The molecule has 6 heteroatoms. The van der Waals surface area contributed by atoms with Crippen LogP contribution in [0.2, 0.25) is 0 Å². The highest BCUT2D eigenvalue weighted by Crippen LogP contribution is 2.10. The van der Waals surface area contributed by atoms with E-state index in [9.17, 15) is 9.59 Å². The maximum atomic E-state index is 11.7. The molecule has 5 nitrogen and oxygen atoms in total. The number of carbonyl (C=O) groups excluding carboxylic acids is 2. The van der Waals surface area contributed by atoms with Gasteiger partial charge in [-0.2, -0.15) is 0 Å². The summed E-state index contributed by atoms with van der Waals surface area (Å²) in [4.78, 5) is 28.5. The zero-order valence-corrected chi connectivity index (χ0v) is 11.1. The van der Waals surface area contributed by atoms with E-state index in [1.807, 2.05) is 13.8 Å². The van der Waals surface area contributed by atoms with Crippen LogP contribution in [0.1, 0.15) is 20.8 Å². The summed E-state index contributed by atoms with van der Waals surface area (Å²) in [6.07, 6.45) is 1.62. The number of carbonyl (C=O) groups is 2. The highest BCUT2D eigenvalue weighted by molar-refractivity contribution is 7.13. The second kappa shape index (κ2) is 6.34. The Bertz CT molecular complexity index is 376. The molecule has 1 aromatic heterocycles. The quantitative estimate of drug-likeness (QED) is 0.869. The average Bonchev–Trinajstić information content (AvgIpc) is 2.68. The normalized spacial score (nSPS) is 10.4. The molecule has 1 aromatic rings. The van der Waals surface area contributed by atoms with Crippen LogP contribution in [0.4, 0.5) is 5.13 Å². The van der Waals surface area contributed by atoms with Crippen molar-refractivity contribution in [2.45, 2.75) is 20.8 Å². The fraction of sp³-hybridized carbons (Fsp3) is 0.545. The predicted octanol–water partition coefficient (Wildman–Crippen LogP) is 1.59. The fourth-order valence-corrected chi connectivity index (χ4v) is 1.91. The van der Waals surface area contributed by atoms with E-state index >= 15 is 0 Å². The minimum Gasteiger partial charge on any atom is -0.333 e. The molecule has 1 rings (SSSR count). The highest BCUT2D eigenvalue weighted by Gasteiger charge is 2.15. The van der Waals surface area contributed by atoms with Gasteiger partial charge in [-0.1, -0.05) is 13.8 Å². The third-order valence-electron chi connectivity index (χ3n) is 2.04. The van der Waals surface area contributed by atoms with Gasteiger partial charge in [0, 0.05) is 25.0 Å². The Morgan fingerprint density at radius 3 is 2.71 bits per heavy atom. The van der Waals surface area contributed by atoms with E-state index in [2.05, 4.69) is 10.3 Å². The first-order valence-electron chi connectivity index (χ1n) is 5.44. The lowest BCUT2D eigenvalue weighted by Crippen LogP contribution is -2.38. The first kappa shape index (κ1) is 13.6. The number of hydrogen-bond donors (Lipinski definition) is 1. The molecule has 0 fully saturated rings. The predicted molar refractivity (Wildman–Crippen MR) is 67.8 cm³/mol. The van der Waals surface area contributed by atoms with E-state index in [-0.39, 0.29) is 18.4 Å². The summed E-state index contributed by atoms with van der Waals surface area (Å²) in [7, 11) is 0. The third-order valence-corrected chi connectivity index (χ3v) is 2.73. The van der Waals surface area contributed by atoms with Crippen LogP contribution in [-0.4, -0.2) is 34.8 Å². The number of hydrogen-bond acceptors (Lipinski definition) is 4. The number of nitrogens with zero attached hydrogens (tertiary/aromatic N) is 2. The Kier molecular flexibility index (Phi) is 5.09. The van der Waals surface area contributed by atoms with Gasteiger partial charge in [-0.05, 0) is 5.92 Å². The van der Waals surface area contributed by atoms with Gasteiger partial charge in [-0.25, -0.2) is 4.98 Å². The van der Waals surface area contributed by atoms with E-state index in [1.165, 1.54) is 23.2 Å². The lowest BCUT2D eigenvalue weighted by molar-refractivity contribution is -0.133. The fourth-order valence-electron chi connectivity index (χ4n) is 1.36. The minimum absolute atomic E-state index is 0.0765. The Morgan fingerprint density at radius 2 is 2.24 bits per heavy atom. The van der Waals surface area contributed by atoms with Crippen LogP contribution in [0.25, 0.3) is 0 Å². The molecule has 2 amide bonds. The smallest absolute Gasteiger partial charge is 0.245 e. The molecule has 0 spiro atoms. The lowest BCUT2D eigenvalue weighted by atomic mass is 10.2. The van der Waals surface area contributed by atoms with Crippen LogP contribution in [0.5, 0.6) is 0 Å². The maximum absolute atomic E-state index is 11.7. The SMILES string of the molecule is CC(=O)N(CC(=O)Nc1nccs1)CC(C)C. The van der Waals surface area contributed by atoms with Crippen molar-refractivity contribution >= 4 is 28.3 Å². The zero-order chi connectivity index (χ0) is 12.8. The zero-order valence-electron chi connectivity index (χ0n) is 10.3. The molecule has 0 aliphatic rings. The Hall–Kier alpha value is -1.43. The highest BCUT2D eigenvalue weighted by atomic mass is 32.1. The summed E-state index contributed by atoms with van der Waals surface area (Å²) in [6, 6.07) is 0. The summed E-state index contributed by atoms with van der Waals surface area (Å²) in [5.41, 5.74) is 0. The van der Waals surface area contributed by atoms with Gasteiger partial charge in [-0.15, -0.1) is 11.3 Å². The molecule has 0 saturated heterocycles. The number of rotatable bonds is 5. The van der Waals surface area contributed by atoms with Gasteiger partial charge in [0.25, 0.3) is 0 Å². The molecule has 94 valence electrons. The van der Waals surface area contributed by atoms with E-state index in [1.54, 1.807) is 11.6 Å². The monoisotopic (exact) mass is 255 g/mol. The van der Waals surface area contributed by atoms with Gasteiger partial charge < -0.3 is 10.2 Å². The van der Waals surface area contributed by atoms with Crippen molar-refractivity contribution < 1.29 is 9.59 Å². The minimum atomic E-state index is -0.212. The van der Waals surface area contributed by atoms with Crippen LogP contribution in [0.15, 0.2) is 11.6 Å². The molecule has 0 aromatic carbocycles. The van der Waals surface area contributed by atoms with Crippen LogP contribution in [0, 0.1) is 5.92 Å². The van der Waals surface area contributed by atoms with Crippen molar-refractivity contribution in [3.05, 3.63) is 11.6 Å². The average molecular weight is 255 g/mol. The van der Waals surface area contributed by atoms with Crippen LogP contribution < -0.4 is 5.32 Å². The van der Waals surface area contributed by atoms with Crippen molar-refractivity contribution in [1.29, 1.82) is 0 Å². The van der Waals surface area contributed by atoms with Crippen molar-refractivity contribution in [3.8, 4) is 0 Å². The summed E-state index contributed by atoms with van der Waals surface area (Å²) in [6.45, 7) is 6.15. The largest absolute Gasteiger partial charge is 0.333 e. The summed E-state index contributed by atoms with van der Waals surface area (Å²) in [5, 5.41) is 5.00.